The first-order chi connectivity index (χ1) is 19.5. The fraction of sp³-hybridized carbons (Fsp3) is 0.286. The minimum absolute atomic E-state index is 0.0648. The fourth-order valence-electron chi connectivity index (χ4n) is 4.88. The number of rotatable bonds is 9. The number of fused-ring (bicyclic) bond motifs is 1. The molecule has 2 aromatic heterocycles. The molecule has 0 aliphatic carbocycles. The summed E-state index contributed by atoms with van der Waals surface area (Å²) in [6.07, 6.45) is 5.76. The molecule has 4 aromatic rings. The van der Waals surface area contributed by atoms with Gasteiger partial charge in [0.05, 0.1) is 21.9 Å². The molecule has 1 saturated heterocycles. The first kappa shape index (κ1) is 28.8. The lowest BCUT2D eigenvalue weighted by atomic mass is 10.00. The molecule has 0 saturated carbocycles. The Hall–Kier alpha value is -3.68. The van der Waals surface area contributed by atoms with Crippen molar-refractivity contribution in [3.05, 3.63) is 77.6 Å². The number of halogens is 2. The summed E-state index contributed by atoms with van der Waals surface area (Å²) >= 11 is 0. The van der Waals surface area contributed by atoms with E-state index < -0.39 is 48.7 Å². The van der Waals surface area contributed by atoms with Crippen molar-refractivity contribution in [1.82, 2.24) is 14.3 Å². The molecule has 0 atom stereocenters. The normalized spacial score (nSPS) is 14.8. The first-order valence-corrected chi connectivity index (χ1v) is 16.2. The highest BCUT2D eigenvalue weighted by Gasteiger charge is 2.27. The van der Waals surface area contributed by atoms with Crippen molar-refractivity contribution in [1.29, 1.82) is 0 Å². The van der Waals surface area contributed by atoms with Gasteiger partial charge in [-0.05, 0) is 55.2 Å². The number of H-pyrrole nitrogens is 1. The molecule has 0 spiro atoms. The van der Waals surface area contributed by atoms with E-state index in [9.17, 15) is 26.0 Å². The smallest absolute Gasteiger partial charge is 0.243 e. The number of carbonyl (C=O) groups is 1. The van der Waals surface area contributed by atoms with Gasteiger partial charge in [0.15, 0.2) is 5.82 Å². The van der Waals surface area contributed by atoms with Crippen LogP contribution in [0.5, 0.6) is 0 Å². The van der Waals surface area contributed by atoms with Crippen molar-refractivity contribution in [3.8, 4) is 11.1 Å². The average molecular weight is 603 g/mol. The van der Waals surface area contributed by atoms with Gasteiger partial charge in [-0.25, -0.2) is 30.6 Å². The van der Waals surface area contributed by atoms with Crippen LogP contribution in [0.1, 0.15) is 48.5 Å². The van der Waals surface area contributed by atoms with Gasteiger partial charge in [0.25, 0.3) is 0 Å². The molecule has 0 radical (unpaired) electrons. The molecule has 1 aliphatic heterocycles. The number of piperidine rings is 1. The molecule has 2 N–H and O–H groups in total. The van der Waals surface area contributed by atoms with Gasteiger partial charge < -0.3 is 4.98 Å². The standard InChI is InChI=1S/C28H28F2N4O5S2/c1-2-14-40(36,37)33-24-11-10-23(29)25(26(24)30)27(35)22-17-32-28-21(22)15-19(16-31-28)18-6-8-20(9-7-18)41(38,39)34-12-4-3-5-13-34/h6-11,15-17,33H,2-5,12-14H2,1H3,(H,31,32). The lowest BCUT2D eigenvalue weighted by Gasteiger charge is -2.25. The highest BCUT2D eigenvalue weighted by molar-refractivity contribution is 7.92. The van der Waals surface area contributed by atoms with Crippen LogP contribution < -0.4 is 4.72 Å². The quantitative estimate of drug-likeness (QED) is 0.258. The number of ketones is 1. The van der Waals surface area contributed by atoms with E-state index in [0.717, 1.165) is 31.4 Å². The number of sulfonamides is 2. The van der Waals surface area contributed by atoms with Crippen molar-refractivity contribution in [3.63, 3.8) is 0 Å². The summed E-state index contributed by atoms with van der Waals surface area (Å²) in [4.78, 5) is 20.7. The van der Waals surface area contributed by atoms with Crippen LogP contribution in [0.2, 0.25) is 0 Å². The molecular formula is C28H28F2N4O5S2. The number of hydrogen-bond donors (Lipinski definition) is 2. The topological polar surface area (TPSA) is 129 Å². The Balaban J connectivity index is 1.47. The predicted molar refractivity (Wildman–Crippen MR) is 152 cm³/mol. The molecule has 41 heavy (non-hydrogen) atoms. The van der Waals surface area contributed by atoms with Crippen LogP contribution in [0.3, 0.4) is 0 Å². The maximum Gasteiger partial charge on any atom is 0.243 e. The van der Waals surface area contributed by atoms with Gasteiger partial charge in [0, 0.05) is 42.0 Å². The molecule has 13 heteroatoms. The summed E-state index contributed by atoms with van der Waals surface area (Å²) in [5.74, 6) is -3.73. The second kappa shape index (κ2) is 11.3. The fourth-order valence-corrected chi connectivity index (χ4v) is 7.53. The number of aromatic nitrogens is 2. The van der Waals surface area contributed by atoms with Gasteiger partial charge >= 0.3 is 0 Å². The number of anilines is 1. The first-order valence-electron chi connectivity index (χ1n) is 13.1. The zero-order chi connectivity index (χ0) is 29.4. The van der Waals surface area contributed by atoms with Crippen LogP contribution in [0.15, 0.2) is 59.8 Å². The van der Waals surface area contributed by atoms with Gasteiger partial charge in [-0.3, -0.25) is 9.52 Å². The van der Waals surface area contributed by atoms with Crippen molar-refractivity contribution in [2.24, 2.45) is 0 Å². The van der Waals surface area contributed by atoms with E-state index in [1.807, 2.05) is 0 Å². The number of pyridine rings is 1. The third kappa shape index (κ3) is 5.74. The molecule has 0 bridgehead atoms. The average Bonchev–Trinajstić information content (AvgIpc) is 3.38. The Kier molecular flexibility index (Phi) is 7.95. The Bertz CT molecular complexity index is 1830. The highest BCUT2D eigenvalue weighted by atomic mass is 32.2. The molecule has 216 valence electrons. The van der Waals surface area contributed by atoms with Crippen molar-refractivity contribution >= 4 is 42.6 Å². The van der Waals surface area contributed by atoms with Crippen molar-refractivity contribution in [2.45, 2.75) is 37.5 Å². The zero-order valence-electron chi connectivity index (χ0n) is 22.2. The van der Waals surface area contributed by atoms with Crippen LogP contribution >= 0.6 is 0 Å². The molecule has 0 amide bonds. The van der Waals surface area contributed by atoms with E-state index in [1.165, 1.54) is 28.8 Å². The number of hydrogen-bond acceptors (Lipinski definition) is 6. The molecule has 2 aromatic carbocycles. The Morgan fingerprint density at radius 2 is 1.71 bits per heavy atom. The molecule has 5 rings (SSSR count). The Morgan fingerprint density at radius 3 is 2.39 bits per heavy atom. The van der Waals surface area contributed by atoms with E-state index in [0.29, 0.717) is 29.9 Å². The molecule has 1 fully saturated rings. The number of nitrogens with zero attached hydrogens (tertiary/aromatic N) is 2. The van der Waals surface area contributed by atoms with E-state index in [-0.39, 0.29) is 28.0 Å². The SMILES string of the molecule is CCCS(=O)(=O)Nc1ccc(F)c(C(=O)c2c[nH]c3ncc(-c4ccc(S(=O)(=O)N5CCCCC5)cc4)cc23)c1F. The zero-order valence-corrected chi connectivity index (χ0v) is 23.8. The second-order valence-electron chi connectivity index (χ2n) is 9.85. The molecule has 0 unspecified atom stereocenters. The molecule has 9 nitrogen and oxygen atoms in total. The van der Waals surface area contributed by atoms with Gasteiger partial charge in [0.1, 0.15) is 11.5 Å². The van der Waals surface area contributed by atoms with E-state index >= 15 is 4.39 Å². The minimum atomic E-state index is -3.89. The largest absolute Gasteiger partial charge is 0.345 e. The van der Waals surface area contributed by atoms with E-state index in [1.54, 1.807) is 25.1 Å². The number of aromatic amines is 1. The van der Waals surface area contributed by atoms with Crippen LogP contribution in [-0.2, 0) is 20.0 Å². The summed E-state index contributed by atoms with van der Waals surface area (Å²) in [5, 5.41) is 0.285. The number of benzene rings is 2. The van der Waals surface area contributed by atoms with Gasteiger partial charge in [-0.2, -0.15) is 4.31 Å². The predicted octanol–water partition coefficient (Wildman–Crippen LogP) is 5.07. The van der Waals surface area contributed by atoms with Gasteiger partial charge in [0.2, 0.25) is 25.8 Å². The monoisotopic (exact) mass is 602 g/mol. The number of nitrogens with one attached hydrogen (secondary N) is 2. The summed E-state index contributed by atoms with van der Waals surface area (Å²) < 4.78 is 83.9. The summed E-state index contributed by atoms with van der Waals surface area (Å²) in [7, 11) is -7.49. The summed E-state index contributed by atoms with van der Waals surface area (Å²) in [6.45, 7) is 2.62. The Morgan fingerprint density at radius 1 is 1.00 bits per heavy atom. The maximum absolute atomic E-state index is 15.3. The van der Waals surface area contributed by atoms with E-state index in [4.69, 9.17) is 0 Å². The second-order valence-corrected chi connectivity index (χ2v) is 13.6. The van der Waals surface area contributed by atoms with Crippen LogP contribution in [0, 0.1) is 11.6 Å². The van der Waals surface area contributed by atoms with E-state index in [2.05, 4.69) is 14.7 Å². The van der Waals surface area contributed by atoms with Crippen LogP contribution in [-0.4, -0.2) is 55.7 Å². The molecule has 1 aliphatic rings. The van der Waals surface area contributed by atoms with Gasteiger partial charge in [-0.1, -0.05) is 25.5 Å². The summed E-state index contributed by atoms with van der Waals surface area (Å²) in [6, 6.07) is 9.68. The Labute approximate surface area is 236 Å². The third-order valence-electron chi connectivity index (χ3n) is 6.97. The van der Waals surface area contributed by atoms with Gasteiger partial charge in [-0.15, -0.1) is 0 Å². The van der Waals surface area contributed by atoms with Crippen molar-refractivity contribution < 1.29 is 30.4 Å². The molecular weight excluding hydrogens is 574 g/mol. The van der Waals surface area contributed by atoms with Crippen LogP contribution in [0.25, 0.3) is 22.2 Å². The van der Waals surface area contributed by atoms with Crippen LogP contribution in [0.4, 0.5) is 14.5 Å². The third-order valence-corrected chi connectivity index (χ3v) is 10.4. The summed E-state index contributed by atoms with van der Waals surface area (Å²) in [5.41, 5.74) is -0.0230. The lowest BCUT2D eigenvalue weighted by Crippen LogP contribution is -2.35. The minimum Gasteiger partial charge on any atom is -0.345 e. The highest BCUT2D eigenvalue weighted by Crippen LogP contribution is 2.30. The lowest BCUT2D eigenvalue weighted by molar-refractivity contribution is 0.103. The maximum atomic E-state index is 15.3. The molecule has 3 heterocycles. The van der Waals surface area contributed by atoms with Crippen molar-refractivity contribution in [2.75, 3.05) is 23.6 Å². The number of carbonyl (C=O) groups excluding carboxylic acids is 1.